The van der Waals surface area contributed by atoms with E-state index < -0.39 is 11.9 Å². The molecule has 1 aromatic rings. The summed E-state index contributed by atoms with van der Waals surface area (Å²) in [6.45, 7) is 3.86. The number of rotatable bonds is 4. The summed E-state index contributed by atoms with van der Waals surface area (Å²) in [6.07, 6.45) is 2.67. The summed E-state index contributed by atoms with van der Waals surface area (Å²) < 4.78 is 8.89. The van der Waals surface area contributed by atoms with Crippen molar-refractivity contribution in [3.63, 3.8) is 0 Å². The quantitative estimate of drug-likeness (QED) is 0.522. The molecule has 2 saturated heterocycles. The number of nitrogens with zero attached hydrogens (tertiary/aromatic N) is 3. The fourth-order valence-electron chi connectivity index (χ4n) is 2.98. The Bertz CT molecular complexity index is 541. The minimum atomic E-state index is -1.82. The molecule has 128 valence electrons. The lowest BCUT2D eigenvalue weighted by Gasteiger charge is -2.21. The van der Waals surface area contributed by atoms with Gasteiger partial charge in [0.15, 0.2) is 0 Å². The van der Waals surface area contributed by atoms with Crippen molar-refractivity contribution >= 4 is 35.4 Å². The zero-order valence-electron chi connectivity index (χ0n) is 12.4. The molecule has 3 N–H and O–H groups in total. The van der Waals surface area contributed by atoms with Crippen molar-refractivity contribution in [2.75, 3.05) is 32.0 Å². The van der Waals surface area contributed by atoms with Crippen LogP contribution in [-0.2, 0) is 9.59 Å². The van der Waals surface area contributed by atoms with E-state index in [1.54, 1.807) is 11.8 Å². The van der Waals surface area contributed by atoms with Crippen LogP contribution in [0.3, 0.4) is 0 Å². The van der Waals surface area contributed by atoms with Crippen LogP contribution < -0.4 is 0 Å². The molecule has 0 aliphatic carbocycles. The molecule has 1 aromatic heterocycles. The van der Waals surface area contributed by atoms with Crippen molar-refractivity contribution in [1.29, 1.82) is 0 Å². The van der Waals surface area contributed by atoms with Crippen LogP contribution in [0.5, 0.6) is 0 Å². The first-order valence-electron chi connectivity index (χ1n) is 7.27. The average molecular weight is 361 g/mol. The van der Waals surface area contributed by atoms with Crippen molar-refractivity contribution in [1.82, 2.24) is 13.6 Å². The SMILES string of the molecule is O=C(O)C(=O)O.OCCSc1nsnc1C1CN2CCCC1C2. The molecule has 0 saturated carbocycles. The molecule has 3 atom stereocenters. The maximum Gasteiger partial charge on any atom is 0.414 e. The molecule has 2 fully saturated rings. The molecule has 0 spiro atoms. The summed E-state index contributed by atoms with van der Waals surface area (Å²) in [7, 11) is 0. The van der Waals surface area contributed by atoms with Gasteiger partial charge in [0, 0.05) is 24.8 Å². The van der Waals surface area contributed by atoms with E-state index in [0.717, 1.165) is 23.2 Å². The number of hydrogen-bond acceptors (Lipinski definition) is 8. The van der Waals surface area contributed by atoms with Crippen LogP contribution in [0, 0.1) is 5.92 Å². The maximum atomic E-state index is 9.10. The number of piperidine rings is 1. The van der Waals surface area contributed by atoms with Gasteiger partial charge in [-0.3, -0.25) is 0 Å². The van der Waals surface area contributed by atoms with E-state index in [1.165, 1.54) is 43.4 Å². The molecule has 3 rings (SSSR count). The van der Waals surface area contributed by atoms with Gasteiger partial charge in [-0.25, -0.2) is 9.59 Å². The van der Waals surface area contributed by atoms with E-state index in [1.807, 2.05) is 0 Å². The van der Waals surface area contributed by atoms with Gasteiger partial charge in [-0.05, 0) is 25.3 Å². The molecule has 0 aromatic carbocycles. The first kappa shape index (κ1) is 18.1. The van der Waals surface area contributed by atoms with E-state index >= 15 is 0 Å². The number of aliphatic hydroxyl groups is 1. The van der Waals surface area contributed by atoms with Gasteiger partial charge in [-0.2, -0.15) is 8.75 Å². The Morgan fingerprint density at radius 2 is 2.00 bits per heavy atom. The van der Waals surface area contributed by atoms with E-state index in [4.69, 9.17) is 24.9 Å². The minimum Gasteiger partial charge on any atom is -0.473 e. The summed E-state index contributed by atoms with van der Waals surface area (Å²) in [5.74, 6) is -1.57. The van der Waals surface area contributed by atoms with Gasteiger partial charge in [0.2, 0.25) is 0 Å². The van der Waals surface area contributed by atoms with Crippen molar-refractivity contribution in [2.45, 2.75) is 23.8 Å². The monoisotopic (exact) mass is 361 g/mol. The second-order valence-electron chi connectivity index (χ2n) is 5.41. The van der Waals surface area contributed by atoms with Gasteiger partial charge in [0.1, 0.15) is 5.03 Å². The normalized spacial score (nSPS) is 25.5. The zero-order valence-corrected chi connectivity index (χ0v) is 14.1. The lowest BCUT2D eigenvalue weighted by atomic mass is 9.89. The highest BCUT2D eigenvalue weighted by atomic mass is 32.2. The highest BCUT2D eigenvalue weighted by Crippen LogP contribution is 2.41. The first-order chi connectivity index (χ1) is 11.0. The molecule has 2 bridgehead atoms. The van der Waals surface area contributed by atoms with Gasteiger partial charge in [0.25, 0.3) is 0 Å². The molecule has 3 heterocycles. The fraction of sp³-hybridized carbons (Fsp3) is 0.692. The molecule has 3 unspecified atom stereocenters. The zero-order chi connectivity index (χ0) is 16.8. The Hall–Kier alpha value is -1.23. The summed E-state index contributed by atoms with van der Waals surface area (Å²) in [6, 6.07) is 0. The number of thioether (sulfide) groups is 1. The van der Waals surface area contributed by atoms with Crippen LogP contribution in [-0.4, -0.2) is 72.9 Å². The Morgan fingerprint density at radius 3 is 2.61 bits per heavy atom. The standard InChI is InChI=1S/C11H17N3OS2.C2H2O4/c15-4-5-16-11-10(12-17-13-11)9-7-14-3-1-2-8(9)6-14;3-1(4)2(5)6/h8-9,15H,1-7H2;(H,3,4)(H,5,6). The molecule has 23 heavy (non-hydrogen) atoms. The van der Waals surface area contributed by atoms with Crippen LogP contribution in [0.25, 0.3) is 0 Å². The van der Waals surface area contributed by atoms with E-state index in [0.29, 0.717) is 5.92 Å². The van der Waals surface area contributed by atoms with Crippen LogP contribution in [0.15, 0.2) is 5.03 Å². The number of carboxylic acids is 2. The third-order valence-corrected chi connectivity index (χ3v) is 5.53. The predicted molar refractivity (Wildman–Crippen MR) is 84.9 cm³/mol. The first-order valence-corrected chi connectivity index (χ1v) is 8.99. The summed E-state index contributed by atoms with van der Waals surface area (Å²) in [4.78, 5) is 20.8. The van der Waals surface area contributed by atoms with Crippen LogP contribution in [0.1, 0.15) is 24.5 Å². The van der Waals surface area contributed by atoms with Gasteiger partial charge >= 0.3 is 11.9 Å². The topological polar surface area (TPSA) is 124 Å². The van der Waals surface area contributed by atoms with E-state index in [9.17, 15) is 0 Å². The summed E-state index contributed by atoms with van der Waals surface area (Å²) in [5, 5.41) is 24.7. The number of carboxylic acid groups (broad SMARTS) is 2. The summed E-state index contributed by atoms with van der Waals surface area (Å²) in [5.41, 5.74) is 1.20. The van der Waals surface area contributed by atoms with Crippen LogP contribution in [0.2, 0.25) is 0 Å². The second kappa shape index (κ2) is 8.57. The van der Waals surface area contributed by atoms with Crippen LogP contribution >= 0.6 is 23.5 Å². The van der Waals surface area contributed by atoms with Crippen molar-refractivity contribution in [3.8, 4) is 0 Å². The highest BCUT2D eigenvalue weighted by Gasteiger charge is 2.38. The predicted octanol–water partition coefficient (Wildman–Crippen LogP) is 0.587. The Labute approximate surface area is 141 Å². The number of aliphatic hydroxyl groups excluding tert-OH is 1. The third kappa shape index (κ3) is 4.87. The number of aliphatic carboxylic acids is 2. The Kier molecular flexibility index (Phi) is 6.75. The molecule has 2 aliphatic rings. The smallest absolute Gasteiger partial charge is 0.414 e. The molecule has 8 nitrogen and oxygen atoms in total. The lowest BCUT2D eigenvalue weighted by molar-refractivity contribution is -0.159. The number of aromatic nitrogens is 2. The lowest BCUT2D eigenvalue weighted by Crippen LogP contribution is -2.25. The Balaban J connectivity index is 0.000000277. The van der Waals surface area contributed by atoms with Crippen molar-refractivity contribution in [2.24, 2.45) is 5.92 Å². The number of hydrogen-bond donors (Lipinski definition) is 3. The van der Waals surface area contributed by atoms with Crippen molar-refractivity contribution < 1.29 is 24.9 Å². The summed E-state index contributed by atoms with van der Waals surface area (Å²) >= 11 is 2.96. The van der Waals surface area contributed by atoms with Crippen molar-refractivity contribution in [3.05, 3.63) is 5.69 Å². The molecular weight excluding hydrogens is 342 g/mol. The molecule has 0 amide bonds. The molecule has 0 radical (unpaired) electrons. The fourth-order valence-corrected chi connectivity index (χ4v) is 4.50. The van der Waals surface area contributed by atoms with E-state index in [-0.39, 0.29) is 6.61 Å². The molecule has 10 heteroatoms. The Morgan fingerprint density at radius 1 is 1.26 bits per heavy atom. The van der Waals surface area contributed by atoms with Gasteiger partial charge in [-0.15, -0.1) is 11.8 Å². The van der Waals surface area contributed by atoms with Gasteiger partial charge < -0.3 is 20.2 Å². The second-order valence-corrected chi connectivity index (χ2v) is 7.02. The largest absolute Gasteiger partial charge is 0.473 e. The molecule has 2 aliphatic heterocycles. The van der Waals surface area contributed by atoms with Gasteiger partial charge in [0.05, 0.1) is 24.0 Å². The van der Waals surface area contributed by atoms with Crippen LogP contribution in [0.4, 0.5) is 0 Å². The number of carbonyl (C=O) groups is 2. The minimum absolute atomic E-state index is 0.210. The maximum absolute atomic E-state index is 9.10. The highest BCUT2D eigenvalue weighted by molar-refractivity contribution is 7.99. The third-order valence-electron chi connectivity index (χ3n) is 3.91. The molecular formula is C13H19N3O5S2. The van der Waals surface area contributed by atoms with E-state index in [2.05, 4.69) is 13.6 Å². The number of fused-ring (bicyclic) bond motifs is 2. The van der Waals surface area contributed by atoms with Gasteiger partial charge in [-0.1, -0.05) is 0 Å². The average Bonchev–Trinajstić information content (AvgIpc) is 3.09.